The van der Waals surface area contributed by atoms with Crippen molar-refractivity contribution in [3.63, 3.8) is 0 Å². The van der Waals surface area contributed by atoms with E-state index in [0.717, 1.165) is 18.2 Å². The van der Waals surface area contributed by atoms with Gasteiger partial charge in [0.25, 0.3) is 8.65 Å². The van der Waals surface area contributed by atoms with Gasteiger partial charge in [-0.05, 0) is 18.5 Å². The Bertz CT molecular complexity index is 170. The molecule has 2 heteroatoms. The van der Waals surface area contributed by atoms with Gasteiger partial charge in [-0.1, -0.05) is 31.8 Å². The van der Waals surface area contributed by atoms with E-state index in [2.05, 4.69) is 25.8 Å². The van der Waals surface area contributed by atoms with Crippen molar-refractivity contribution in [1.29, 1.82) is 0 Å². The molecule has 0 saturated heterocycles. The molecule has 0 rings (SSSR count). The summed E-state index contributed by atoms with van der Waals surface area (Å²) in [5, 5.41) is 1.04. The van der Waals surface area contributed by atoms with Crippen LogP contribution < -0.4 is 0 Å². The third-order valence-corrected chi connectivity index (χ3v) is 3.47. The van der Waals surface area contributed by atoms with Gasteiger partial charge in [-0.2, -0.15) is 0 Å². The molecule has 0 amide bonds. The topological polar surface area (TPSA) is 9.23 Å². The highest BCUT2D eigenvalue weighted by molar-refractivity contribution is 6.67. The van der Waals surface area contributed by atoms with Crippen LogP contribution in [0.3, 0.4) is 0 Å². The molecule has 0 aromatic carbocycles. The molecule has 0 fully saturated rings. The van der Waals surface area contributed by atoms with Crippen LogP contribution in [0.1, 0.15) is 20.3 Å². The van der Waals surface area contributed by atoms with E-state index < -0.39 is 8.65 Å². The fourth-order valence-electron chi connectivity index (χ4n) is 0.724. The lowest BCUT2D eigenvalue weighted by Crippen LogP contribution is -2.12. The van der Waals surface area contributed by atoms with Gasteiger partial charge in [0.05, 0.1) is 6.61 Å². The van der Waals surface area contributed by atoms with Gasteiger partial charge in [-0.3, -0.25) is 0 Å². The van der Waals surface area contributed by atoms with Crippen LogP contribution in [0.15, 0.2) is 24.4 Å². The molecule has 0 bridgehead atoms. The summed E-state index contributed by atoms with van der Waals surface area (Å²) in [6.07, 6.45) is 2.83. The molecule has 0 aliphatic rings. The normalized spacial score (nSPS) is 10.9. The summed E-state index contributed by atoms with van der Waals surface area (Å²) in [5.74, 6) is 0. The maximum atomic E-state index is 5.51. The molecule has 0 N–H and O–H groups in total. The first-order valence-corrected chi connectivity index (χ1v) is 5.39. The number of allylic oxidation sites excluding steroid dienone is 2. The van der Waals surface area contributed by atoms with Crippen LogP contribution in [0.4, 0.5) is 0 Å². The van der Waals surface area contributed by atoms with E-state index >= 15 is 0 Å². The van der Waals surface area contributed by atoms with Gasteiger partial charge < -0.3 is 4.43 Å². The fourth-order valence-corrected chi connectivity index (χ4v) is 2.17. The Labute approximate surface area is 70.7 Å². The molecule has 0 aromatic heterocycles. The molecule has 1 nitrogen and oxygen atoms in total. The van der Waals surface area contributed by atoms with E-state index in [4.69, 9.17) is 4.43 Å². The van der Waals surface area contributed by atoms with Crippen molar-refractivity contribution in [3.8, 4) is 0 Å². The predicted octanol–water partition coefficient (Wildman–Crippen LogP) is 2.09. The lowest BCUT2D eigenvalue weighted by Gasteiger charge is -2.05. The highest BCUT2D eigenvalue weighted by Gasteiger charge is 1.99. The molecule has 0 heterocycles. The molecule has 0 aliphatic heterocycles. The third-order valence-electron chi connectivity index (χ3n) is 1.25. The molecule has 0 spiro atoms. The molecule has 0 radical (unpaired) electrons. The van der Waals surface area contributed by atoms with Gasteiger partial charge >= 0.3 is 0 Å². The van der Waals surface area contributed by atoms with Crippen LogP contribution in [0.5, 0.6) is 0 Å². The second-order valence-electron chi connectivity index (χ2n) is 2.14. The second-order valence-corrected chi connectivity index (χ2v) is 4.21. The Morgan fingerprint density at radius 2 is 2.18 bits per heavy atom. The summed E-state index contributed by atoms with van der Waals surface area (Å²) in [5.41, 5.74) is 2.19. The zero-order chi connectivity index (χ0) is 8.69. The standard InChI is InChI=1S/C9H16OSi/c1-5-8-11(10-7-3)9(4)6-2/h6,8H,2,4-5,7H2,1,3H3. The minimum absolute atomic E-state index is 0.762. The number of hydrogen-bond donors (Lipinski definition) is 0. The summed E-state index contributed by atoms with van der Waals surface area (Å²) in [6.45, 7) is 12.4. The van der Waals surface area contributed by atoms with Crippen LogP contribution in [0.25, 0.3) is 0 Å². The lowest BCUT2D eigenvalue weighted by molar-refractivity contribution is 0.362. The Morgan fingerprint density at radius 3 is 2.55 bits per heavy atom. The van der Waals surface area contributed by atoms with Crippen molar-refractivity contribution in [2.45, 2.75) is 20.3 Å². The highest BCUT2D eigenvalue weighted by Crippen LogP contribution is 1.93. The maximum absolute atomic E-state index is 5.51. The summed E-state index contributed by atoms with van der Waals surface area (Å²) in [4.78, 5) is 0. The Morgan fingerprint density at radius 1 is 1.55 bits per heavy atom. The summed E-state index contributed by atoms with van der Waals surface area (Å²) in [7, 11) is -0.913. The minimum atomic E-state index is -0.913. The minimum Gasteiger partial charge on any atom is -0.547 e. The summed E-state index contributed by atoms with van der Waals surface area (Å²) in [6, 6.07) is 0. The van der Waals surface area contributed by atoms with E-state index in [1.807, 2.05) is 6.92 Å². The van der Waals surface area contributed by atoms with E-state index in [1.165, 1.54) is 0 Å². The molecule has 11 heavy (non-hydrogen) atoms. The van der Waals surface area contributed by atoms with E-state index in [0.29, 0.717) is 0 Å². The molecule has 0 unspecified atom stereocenters. The first-order valence-electron chi connectivity index (χ1n) is 3.90. The molecular formula is C9H16OSi. The lowest BCUT2D eigenvalue weighted by atomic mass is 10.6. The largest absolute Gasteiger partial charge is 0.547 e. The molecule has 0 aliphatic carbocycles. The quantitative estimate of drug-likeness (QED) is 0.451. The van der Waals surface area contributed by atoms with Gasteiger partial charge in [-0.25, -0.2) is 0 Å². The maximum Gasteiger partial charge on any atom is 0.263 e. The smallest absolute Gasteiger partial charge is 0.263 e. The molecule has 62 valence electrons. The van der Waals surface area contributed by atoms with Crippen molar-refractivity contribution >= 4 is 14.3 Å². The van der Waals surface area contributed by atoms with Gasteiger partial charge in [0.1, 0.15) is 0 Å². The first-order chi connectivity index (χ1) is 5.26. The van der Waals surface area contributed by atoms with Crippen molar-refractivity contribution in [2.24, 2.45) is 0 Å². The van der Waals surface area contributed by atoms with Gasteiger partial charge in [0, 0.05) is 0 Å². The average molecular weight is 168 g/mol. The van der Waals surface area contributed by atoms with Gasteiger partial charge in [0.15, 0.2) is 0 Å². The second kappa shape index (κ2) is 6.10. The van der Waals surface area contributed by atoms with E-state index in [1.54, 1.807) is 6.08 Å². The van der Waals surface area contributed by atoms with Crippen molar-refractivity contribution in [1.82, 2.24) is 0 Å². The first kappa shape index (κ1) is 10.4. The van der Waals surface area contributed by atoms with E-state index in [-0.39, 0.29) is 0 Å². The van der Waals surface area contributed by atoms with Crippen LogP contribution in [0.2, 0.25) is 0 Å². The van der Waals surface area contributed by atoms with Gasteiger partial charge in [0.2, 0.25) is 0 Å². The Kier molecular flexibility index (Phi) is 5.75. The molecule has 0 atom stereocenters. The Balaban J connectivity index is 4.20. The monoisotopic (exact) mass is 168 g/mol. The van der Waals surface area contributed by atoms with Crippen LogP contribution >= 0.6 is 0 Å². The summed E-state index contributed by atoms with van der Waals surface area (Å²) >= 11 is 0. The van der Waals surface area contributed by atoms with Crippen LogP contribution in [0, 0.1) is 0 Å². The van der Waals surface area contributed by atoms with Gasteiger partial charge in [-0.15, -0.1) is 0 Å². The zero-order valence-electron chi connectivity index (χ0n) is 7.39. The Hall–Kier alpha value is -0.633. The number of hydrogen-bond acceptors (Lipinski definition) is 1. The molecular weight excluding hydrogens is 152 g/mol. The molecule has 0 saturated carbocycles. The SMILES string of the molecule is C=CC(=C)[Si](=CCC)OCC. The van der Waals surface area contributed by atoms with Crippen molar-refractivity contribution < 1.29 is 4.43 Å². The number of rotatable bonds is 5. The zero-order valence-corrected chi connectivity index (χ0v) is 8.39. The van der Waals surface area contributed by atoms with Crippen molar-refractivity contribution in [3.05, 3.63) is 24.4 Å². The van der Waals surface area contributed by atoms with Crippen molar-refractivity contribution in [2.75, 3.05) is 6.61 Å². The predicted molar refractivity (Wildman–Crippen MR) is 53.1 cm³/mol. The van der Waals surface area contributed by atoms with Crippen LogP contribution in [-0.4, -0.2) is 20.9 Å². The van der Waals surface area contributed by atoms with E-state index in [9.17, 15) is 0 Å². The van der Waals surface area contributed by atoms with Crippen LogP contribution in [-0.2, 0) is 4.43 Å². The fraction of sp³-hybridized carbons (Fsp3) is 0.444. The third kappa shape index (κ3) is 3.93. The average Bonchev–Trinajstić information content (AvgIpc) is 2.03. The summed E-state index contributed by atoms with van der Waals surface area (Å²) < 4.78 is 5.51. The molecule has 0 aromatic rings. The highest BCUT2D eigenvalue weighted by atomic mass is 28.3.